The number of furan rings is 1. The van der Waals surface area contributed by atoms with Crippen LogP contribution in [-0.4, -0.2) is 29.1 Å². The van der Waals surface area contributed by atoms with E-state index < -0.39 is 11.9 Å². The van der Waals surface area contributed by atoms with Crippen LogP contribution in [0.1, 0.15) is 39.0 Å². The van der Waals surface area contributed by atoms with Crippen molar-refractivity contribution < 1.29 is 23.9 Å². The van der Waals surface area contributed by atoms with Gasteiger partial charge in [0.25, 0.3) is 5.91 Å². The molecule has 0 saturated heterocycles. The van der Waals surface area contributed by atoms with Crippen LogP contribution in [0.15, 0.2) is 64.1 Å². The molecule has 0 unspecified atom stereocenters. The number of hydrogen-bond donors (Lipinski definition) is 3. The Hall–Kier alpha value is -4.20. The molecule has 30 heavy (non-hydrogen) atoms. The molecular weight excluding hydrogens is 386 g/mol. The van der Waals surface area contributed by atoms with Crippen molar-refractivity contribution in [2.24, 2.45) is 5.10 Å². The zero-order valence-electron chi connectivity index (χ0n) is 16.3. The predicted molar refractivity (Wildman–Crippen MR) is 112 cm³/mol. The molecule has 8 heteroatoms. The number of anilines is 1. The van der Waals surface area contributed by atoms with E-state index in [9.17, 15) is 14.4 Å². The van der Waals surface area contributed by atoms with Gasteiger partial charge >= 0.3 is 5.97 Å². The number of nitrogens with zero attached hydrogens (tertiary/aromatic N) is 1. The fraction of sp³-hybridized carbons (Fsp3) is 0.0909. The Morgan fingerprint density at radius 2 is 1.83 bits per heavy atom. The molecule has 0 bridgehead atoms. The Bertz CT molecular complexity index is 1150. The van der Waals surface area contributed by atoms with E-state index in [1.807, 2.05) is 0 Å². The Kier molecular flexibility index (Phi) is 6.07. The van der Waals surface area contributed by atoms with Crippen LogP contribution in [0.25, 0.3) is 11.3 Å². The summed E-state index contributed by atoms with van der Waals surface area (Å²) in [5.74, 6) is -0.688. The Labute approximate surface area is 172 Å². The van der Waals surface area contributed by atoms with E-state index in [4.69, 9.17) is 9.52 Å². The van der Waals surface area contributed by atoms with Crippen LogP contribution in [0.4, 0.5) is 5.69 Å². The molecule has 3 aromatic rings. The molecular formula is C22H19N3O5. The molecule has 1 heterocycles. The van der Waals surface area contributed by atoms with Crippen LogP contribution in [0.2, 0.25) is 0 Å². The highest BCUT2D eigenvalue weighted by Crippen LogP contribution is 2.26. The van der Waals surface area contributed by atoms with Crippen molar-refractivity contribution in [3.05, 3.63) is 77.0 Å². The third-order valence-electron chi connectivity index (χ3n) is 4.17. The van der Waals surface area contributed by atoms with Gasteiger partial charge in [-0.2, -0.15) is 5.10 Å². The Morgan fingerprint density at radius 3 is 2.53 bits per heavy atom. The normalized spacial score (nSPS) is 10.7. The number of rotatable bonds is 6. The number of carbonyl (C=O) groups is 3. The summed E-state index contributed by atoms with van der Waals surface area (Å²) in [4.78, 5) is 34.4. The van der Waals surface area contributed by atoms with Crippen LogP contribution in [0.5, 0.6) is 0 Å². The summed E-state index contributed by atoms with van der Waals surface area (Å²) in [6.07, 6.45) is 1.36. The molecule has 0 radical (unpaired) electrons. The lowest BCUT2D eigenvalue weighted by Crippen LogP contribution is -2.18. The minimum atomic E-state index is -0.990. The molecule has 3 rings (SSSR count). The second-order valence-corrected chi connectivity index (χ2v) is 6.50. The first-order chi connectivity index (χ1) is 14.3. The van der Waals surface area contributed by atoms with E-state index in [1.165, 1.54) is 19.2 Å². The highest BCUT2D eigenvalue weighted by atomic mass is 16.4. The molecule has 152 valence electrons. The largest absolute Gasteiger partial charge is 0.478 e. The maximum absolute atomic E-state index is 12.2. The molecule has 2 amide bonds. The summed E-state index contributed by atoms with van der Waals surface area (Å²) in [6, 6.07) is 14.7. The summed E-state index contributed by atoms with van der Waals surface area (Å²) in [6.45, 7) is 3.18. The van der Waals surface area contributed by atoms with Crippen LogP contribution in [0, 0.1) is 6.92 Å². The number of amides is 2. The van der Waals surface area contributed by atoms with Gasteiger partial charge in [0.15, 0.2) is 0 Å². The van der Waals surface area contributed by atoms with E-state index in [-0.39, 0.29) is 11.5 Å². The zero-order chi connectivity index (χ0) is 21.7. The molecule has 0 fully saturated rings. The lowest BCUT2D eigenvalue weighted by Gasteiger charge is -2.04. The van der Waals surface area contributed by atoms with Crippen LogP contribution >= 0.6 is 0 Å². The van der Waals surface area contributed by atoms with Crippen molar-refractivity contribution >= 4 is 29.7 Å². The number of carboxylic acid groups (broad SMARTS) is 1. The first kappa shape index (κ1) is 20.5. The average molecular weight is 405 g/mol. The number of carbonyl (C=O) groups excluding carboxylic acids is 2. The lowest BCUT2D eigenvalue weighted by atomic mass is 10.0. The molecule has 0 spiro atoms. The van der Waals surface area contributed by atoms with Gasteiger partial charge in [-0.15, -0.1) is 0 Å². The molecule has 1 aromatic heterocycles. The maximum Gasteiger partial charge on any atom is 0.335 e. The van der Waals surface area contributed by atoms with Crippen LogP contribution < -0.4 is 10.7 Å². The first-order valence-corrected chi connectivity index (χ1v) is 8.98. The van der Waals surface area contributed by atoms with E-state index in [0.717, 1.165) is 11.1 Å². The summed E-state index contributed by atoms with van der Waals surface area (Å²) in [5, 5.41) is 15.6. The minimum Gasteiger partial charge on any atom is -0.478 e. The number of hydrazone groups is 1. The predicted octanol–water partition coefficient (Wildman–Crippen LogP) is 3.68. The van der Waals surface area contributed by atoms with E-state index >= 15 is 0 Å². The smallest absolute Gasteiger partial charge is 0.335 e. The summed E-state index contributed by atoms with van der Waals surface area (Å²) in [7, 11) is 0. The van der Waals surface area contributed by atoms with Crippen molar-refractivity contribution in [2.45, 2.75) is 13.8 Å². The van der Waals surface area contributed by atoms with Crippen molar-refractivity contribution in [1.29, 1.82) is 0 Å². The number of nitrogens with one attached hydrogen (secondary N) is 2. The summed E-state index contributed by atoms with van der Waals surface area (Å²) >= 11 is 0. The average Bonchev–Trinajstić information content (AvgIpc) is 3.16. The fourth-order valence-corrected chi connectivity index (χ4v) is 2.80. The number of benzene rings is 2. The standard InChI is InChI=1S/C22H19N3O5/c1-13-10-16(22(28)29)6-8-19(13)20-9-7-18(30-20)12-23-25-21(27)15-4-3-5-17(11-15)24-14(2)26/h3-12H,1-2H3,(H,24,26)(H,25,27)(H,28,29)/b23-12-. The number of carboxylic acids is 1. The Morgan fingerprint density at radius 1 is 1.03 bits per heavy atom. The Balaban J connectivity index is 1.67. The third kappa shape index (κ3) is 4.99. The molecule has 0 atom stereocenters. The molecule has 0 saturated carbocycles. The van der Waals surface area contributed by atoms with Gasteiger partial charge in [-0.05, 0) is 55.0 Å². The van der Waals surface area contributed by atoms with Crippen molar-refractivity contribution in [2.75, 3.05) is 5.32 Å². The second-order valence-electron chi connectivity index (χ2n) is 6.50. The minimum absolute atomic E-state index is 0.204. The quantitative estimate of drug-likeness (QED) is 0.427. The fourth-order valence-electron chi connectivity index (χ4n) is 2.80. The van der Waals surface area contributed by atoms with Gasteiger partial charge in [0, 0.05) is 23.7 Å². The van der Waals surface area contributed by atoms with Gasteiger partial charge in [0.05, 0.1) is 11.8 Å². The highest BCUT2D eigenvalue weighted by Gasteiger charge is 2.10. The highest BCUT2D eigenvalue weighted by molar-refractivity contribution is 5.97. The molecule has 0 aliphatic heterocycles. The third-order valence-corrected chi connectivity index (χ3v) is 4.17. The van der Waals surface area contributed by atoms with E-state index in [2.05, 4.69) is 15.8 Å². The number of hydrogen-bond acceptors (Lipinski definition) is 5. The van der Waals surface area contributed by atoms with Crippen molar-refractivity contribution in [3.8, 4) is 11.3 Å². The van der Waals surface area contributed by atoms with Gasteiger partial charge < -0.3 is 14.8 Å². The number of aryl methyl sites for hydroxylation is 1. The van der Waals surface area contributed by atoms with Gasteiger partial charge in [-0.25, -0.2) is 10.2 Å². The first-order valence-electron chi connectivity index (χ1n) is 8.98. The maximum atomic E-state index is 12.2. The second kappa shape index (κ2) is 8.87. The van der Waals surface area contributed by atoms with Gasteiger partial charge in [-0.1, -0.05) is 12.1 Å². The van der Waals surface area contributed by atoms with Gasteiger partial charge in [0.1, 0.15) is 11.5 Å². The van der Waals surface area contributed by atoms with E-state index in [1.54, 1.807) is 55.5 Å². The topological polar surface area (TPSA) is 121 Å². The van der Waals surface area contributed by atoms with Crippen molar-refractivity contribution in [1.82, 2.24) is 5.43 Å². The molecule has 0 aliphatic rings. The molecule has 0 aliphatic carbocycles. The van der Waals surface area contributed by atoms with Crippen LogP contribution in [-0.2, 0) is 4.79 Å². The number of aromatic carboxylic acids is 1. The SMILES string of the molecule is CC(=O)Nc1cccc(C(=O)N/N=C\c2ccc(-c3ccc(C(=O)O)cc3C)o2)c1. The van der Waals surface area contributed by atoms with Gasteiger partial charge in [-0.3, -0.25) is 9.59 Å². The van der Waals surface area contributed by atoms with E-state index in [0.29, 0.717) is 22.8 Å². The lowest BCUT2D eigenvalue weighted by molar-refractivity contribution is -0.114. The molecule has 8 nitrogen and oxygen atoms in total. The molecule has 2 aromatic carbocycles. The monoisotopic (exact) mass is 405 g/mol. The van der Waals surface area contributed by atoms with Gasteiger partial charge in [0.2, 0.25) is 5.91 Å². The van der Waals surface area contributed by atoms with Crippen LogP contribution in [0.3, 0.4) is 0 Å². The van der Waals surface area contributed by atoms with Crippen molar-refractivity contribution in [3.63, 3.8) is 0 Å². The summed E-state index contributed by atoms with van der Waals surface area (Å²) in [5.41, 5.74) is 4.98. The summed E-state index contributed by atoms with van der Waals surface area (Å²) < 4.78 is 5.71. The molecule has 3 N–H and O–H groups in total. The zero-order valence-corrected chi connectivity index (χ0v) is 16.3.